The molecule has 0 fully saturated rings. The van der Waals surface area contributed by atoms with E-state index < -0.39 is 22.2 Å². The smallest absolute Gasteiger partial charge is 0.407 e. The van der Waals surface area contributed by atoms with Gasteiger partial charge >= 0.3 is 24.4 Å². The van der Waals surface area contributed by atoms with Gasteiger partial charge in [0.15, 0.2) is 0 Å². The second-order valence-electron chi connectivity index (χ2n) is 17.3. The van der Waals surface area contributed by atoms with E-state index in [4.69, 9.17) is 0 Å². The lowest BCUT2D eigenvalue weighted by molar-refractivity contribution is 0.136. The molecule has 0 spiro atoms. The zero-order valence-electron chi connectivity index (χ0n) is 36.5. The maximum absolute atomic E-state index is 11.3. The topological polar surface area (TPSA) is 199 Å². The summed E-state index contributed by atoms with van der Waals surface area (Å²) in [7, 11) is 2.29. The molecule has 5 unspecified atom stereocenters. The second kappa shape index (κ2) is 24.3. The number of nitrogens with one attached hydrogen (secondary N) is 5. The number of sulfonamides is 1. The highest BCUT2D eigenvalue weighted by atomic mass is 32.2. The van der Waals surface area contributed by atoms with Gasteiger partial charge in [0.05, 0.1) is 46.8 Å². The van der Waals surface area contributed by atoms with Crippen LogP contribution in [0.5, 0.6) is 0 Å². The van der Waals surface area contributed by atoms with Crippen molar-refractivity contribution in [3.8, 4) is 0 Å². The number of carbonyl (C=O) groups is 4. The van der Waals surface area contributed by atoms with E-state index in [0.717, 1.165) is 0 Å². The van der Waals surface area contributed by atoms with Gasteiger partial charge in [-0.25, -0.2) is 32.3 Å². The molecule has 0 saturated heterocycles. The molecule has 5 atom stereocenters. The van der Waals surface area contributed by atoms with Crippen LogP contribution in [-0.4, -0.2) is 97.7 Å². The number of hydrogen-bond acceptors (Lipinski definition) is 10. The molecule has 0 bridgehead atoms. The first-order valence-corrected chi connectivity index (χ1v) is 19.3. The first-order chi connectivity index (χ1) is 23.0. The van der Waals surface area contributed by atoms with Gasteiger partial charge in [0, 0.05) is 18.1 Å². The van der Waals surface area contributed by atoms with Crippen LogP contribution in [0.2, 0.25) is 0 Å². The Balaban J connectivity index is -0.000000301. The fourth-order valence-corrected chi connectivity index (χ4v) is 5.12. The van der Waals surface area contributed by atoms with Crippen molar-refractivity contribution >= 4 is 34.4 Å². The molecule has 5 N–H and O–H groups in total. The number of amides is 4. The van der Waals surface area contributed by atoms with Gasteiger partial charge in [-0.2, -0.15) is 0 Å². The highest BCUT2D eigenvalue weighted by Gasteiger charge is 2.33. The molecular formula is C36H77N5O10S. The number of carbonyl (C=O) groups excluding carboxylic acids is 4. The minimum atomic E-state index is -3.06. The van der Waals surface area contributed by atoms with Crippen LogP contribution in [0.1, 0.15) is 118 Å². The van der Waals surface area contributed by atoms with Crippen LogP contribution in [0, 0.1) is 27.6 Å². The fraction of sp³-hybridized carbons (Fsp3) is 0.889. The Labute approximate surface area is 316 Å². The minimum absolute atomic E-state index is 0.0247. The molecule has 0 aliphatic carbocycles. The Kier molecular flexibility index (Phi) is 26.1. The molecule has 0 aromatic rings. The molecule has 0 aliphatic heterocycles. The van der Waals surface area contributed by atoms with E-state index in [1.54, 1.807) is 6.92 Å². The number of rotatable bonds is 8. The Morgan fingerprint density at radius 1 is 0.462 bits per heavy atom. The number of ether oxygens (including phenoxy) is 4. The normalized spacial score (nSPS) is 14.7. The Morgan fingerprint density at radius 3 is 0.981 bits per heavy atom. The highest BCUT2D eigenvalue weighted by Crippen LogP contribution is 2.25. The molecule has 312 valence electrons. The van der Waals surface area contributed by atoms with Crippen molar-refractivity contribution < 1.29 is 46.5 Å². The Bertz CT molecular complexity index is 1150. The quantitative estimate of drug-likeness (QED) is 0.166. The van der Waals surface area contributed by atoms with Gasteiger partial charge in [0.2, 0.25) is 10.0 Å². The van der Waals surface area contributed by atoms with Gasteiger partial charge in [-0.3, -0.25) is 0 Å². The first kappa shape index (κ1) is 55.7. The molecular weight excluding hydrogens is 694 g/mol. The summed E-state index contributed by atoms with van der Waals surface area (Å²) in [6.45, 7) is 34.2. The van der Waals surface area contributed by atoms with Crippen molar-refractivity contribution in [2.75, 3.05) is 34.7 Å². The van der Waals surface area contributed by atoms with Crippen molar-refractivity contribution in [1.29, 1.82) is 0 Å². The molecule has 16 heteroatoms. The SMILES string of the molecule is CC(NS(C)(=O)=O)C(C)(C)C.COC(=O)NC(C(C)C)C(C)(C)C.COC(=O)NC(C)C(C)(C)C.COC(=O)NC(C)C(NC(=O)OC)C(C)(C)C. The van der Waals surface area contributed by atoms with E-state index in [1.807, 2.05) is 55.4 Å². The van der Waals surface area contributed by atoms with Gasteiger partial charge in [-0.15, -0.1) is 0 Å². The summed E-state index contributed by atoms with van der Waals surface area (Å²) in [5, 5.41) is 10.9. The summed E-state index contributed by atoms with van der Waals surface area (Å²) in [5.41, 5.74) is -0.117. The summed E-state index contributed by atoms with van der Waals surface area (Å²) in [6, 6.07) is -0.317. The zero-order chi connectivity index (χ0) is 42.6. The average molecular weight is 772 g/mol. The fourth-order valence-electron chi connectivity index (χ4n) is 4.12. The monoisotopic (exact) mass is 772 g/mol. The predicted molar refractivity (Wildman–Crippen MR) is 209 cm³/mol. The minimum Gasteiger partial charge on any atom is -0.453 e. The van der Waals surface area contributed by atoms with Gasteiger partial charge in [-0.1, -0.05) is 96.9 Å². The van der Waals surface area contributed by atoms with E-state index in [2.05, 4.69) is 100 Å². The molecule has 4 amide bonds. The highest BCUT2D eigenvalue weighted by molar-refractivity contribution is 7.88. The summed E-state index contributed by atoms with van der Waals surface area (Å²) in [5.74, 6) is 0.402. The van der Waals surface area contributed by atoms with Gasteiger partial charge in [0.25, 0.3) is 0 Å². The standard InChI is InChI=1S/C11H22N2O4.C10H21NO2.C8H17NO2.C7H17NO2S/c1-7(12-9(14)16-5)8(11(2,3)4)13-10(15)17-6;1-7(2)8(10(3,4)5)11-9(12)13-6;1-6(8(2,3)4)9-7(10)11-5;1-6(7(2,3)4)8-11(5,9)10/h7-8H,1-6H3,(H,12,14)(H,13,15);7-8H,1-6H3,(H,11,12);6H,1-5H3,(H,9,10);6,8H,1-5H3. The van der Waals surface area contributed by atoms with Crippen molar-refractivity contribution in [1.82, 2.24) is 26.0 Å². The van der Waals surface area contributed by atoms with E-state index in [0.29, 0.717) is 5.92 Å². The van der Waals surface area contributed by atoms with E-state index in [1.165, 1.54) is 34.7 Å². The van der Waals surface area contributed by atoms with Crippen molar-refractivity contribution in [3.05, 3.63) is 0 Å². The lowest BCUT2D eigenvalue weighted by atomic mass is 9.80. The van der Waals surface area contributed by atoms with Crippen molar-refractivity contribution in [2.45, 2.75) is 148 Å². The third-order valence-corrected chi connectivity index (χ3v) is 8.77. The van der Waals surface area contributed by atoms with E-state index in [9.17, 15) is 27.6 Å². The molecule has 0 aromatic heterocycles. The molecule has 0 heterocycles. The third-order valence-electron chi connectivity index (χ3n) is 7.99. The van der Waals surface area contributed by atoms with Crippen molar-refractivity contribution in [3.63, 3.8) is 0 Å². The number of methoxy groups -OCH3 is 4. The number of hydrogen-bond donors (Lipinski definition) is 5. The maximum atomic E-state index is 11.3. The van der Waals surface area contributed by atoms with Crippen LogP contribution in [0.3, 0.4) is 0 Å². The summed E-state index contributed by atoms with van der Waals surface area (Å²) >= 11 is 0. The molecule has 0 aliphatic rings. The van der Waals surface area contributed by atoms with Crippen LogP contribution in [0.25, 0.3) is 0 Å². The summed E-state index contributed by atoms with van der Waals surface area (Å²) in [4.78, 5) is 44.2. The Morgan fingerprint density at radius 2 is 0.750 bits per heavy atom. The second-order valence-corrected chi connectivity index (χ2v) is 19.1. The molecule has 0 saturated carbocycles. The molecule has 0 radical (unpaired) electrons. The molecule has 0 aromatic carbocycles. The Hall–Kier alpha value is -3.01. The van der Waals surface area contributed by atoms with E-state index in [-0.39, 0.29) is 64.1 Å². The predicted octanol–water partition coefficient (Wildman–Crippen LogP) is 6.66. The van der Waals surface area contributed by atoms with Gasteiger partial charge < -0.3 is 40.2 Å². The third kappa shape index (κ3) is 29.6. The maximum Gasteiger partial charge on any atom is 0.407 e. The molecule has 52 heavy (non-hydrogen) atoms. The molecule has 15 nitrogen and oxygen atoms in total. The lowest BCUT2D eigenvalue weighted by Gasteiger charge is -2.35. The average Bonchev–Trinajstić information content (AvgIpc) is 2.95. The van der Waals surface area contributed by atoms with Gasteiger partial charge in [-0.05, 0) is 48.3 Å². The van der Waals surface area contributed by atoms with Crippen LogP contribution in [0.15, 0.2) is 0 Å². The molecule has 0 rings (SSSR count). The zero-order valence-corrected chi connectivity index (χ0v) is 37.3. The van der Waals surface area contributed by atoms with Crippen LogP contribution >= 0.6 is 0 Å². The van der Waals surface area contributed by atoms with Crippen LogP contribution in [0.4, 0.5) is 19.2 Å². The van der Waals surface area contributed by atoms with E-state index >= 15 is 0 Å². The van der Waals surface area contributed by atoms with Crippen LogP contribution in [-0.2, 0) is 29.0 Å². The largest absolute Gasteiger partial charge is 0.453 e. The summed E-state index contributed by atoms with van der Waals surface area (Å²) < 4.78 is 42.2. The van der Waals surface area contributed by atoms with Gasteiger partial charge in [0.1, 0.15) is 0 Å². The number of alkyl carbamates (subject to hydrolysis) is 4. The first-order valence-electron chi connectivity index (χ1n) is 17.4. The van der Waals surface area contributed by atoms with Crippen molar-refractivity contribution in [2.24, 2.45) is 27.6 Å². The lowest BCUT2D eigenvalue weighted by Crippen LogP contribution is -2.56. The van der Waals surface area contributed by atoms with Crippen LogP contribution < -0.4 is 26.0 Å². The summed E-state index contributed by atoms with van der Waals surface area (Å²) in [6.07, 6.45) is -0.599.